The third-order valence-corrected chi connectivity index (χ3v) is 3.59. The second kappa shape index (κ2) is 6.02. The van der Waals surface area contributed by atoms with Crippen LogP contribution in [0.2, 0.25) is 0 Å². The Kier molecular flexibility index (Phi) is 4.37. The smallest absolute Gasteiger partial charge is 0.310 e. The zero-order valence-electron chi connectivity index (χ0n) is 11.0. The Balaban J connectivity index is 2.19. The van der Waals surface area contributed by atoms with Crippen molar-refractivity contribution in [3.63, 3.8) is 0 Å². The van der Waals surface area contributed by atoms with Gasteiger partial charge in [-0.15, -0.1) is 0 Å². The van der Waals surface area contributed by atoms with E-state index in [1.54, 1.807) is 12.1 Å². The number of nitro groups is 1. The van der Waals surface area contributed by atoms with Crippen LogP contribution in [0.3, 0.4) is 0 Å². The van der Waals surface area contributed by atoms with Gasteiger partial charge in [0, 0.05) is 6.07 Å². The molecule has 2 rings (SSSR count). The van der Waals surface area contributed by atoms with Crippen molar-refractivity contribution in [1.82, 2.24) is 0 Å². The lowest BCUT2D eigenvalue weighted by Gasteiger charge is -2.27. The summed E-state index contributed by atoms with van der Waals surface area (Å²) in [5, 5.41) is 20.1. The van der Waals surface area contributed by atoms with E-state index in [1.165, 1.54) is 12.5 Å². The Morgan fingerprint density at radius 2 is 2.26 bits per heavy atom. The molecule has 104 valence electrons. The third kappa shape index (κ3) is 3.44. The fraction of sp³-hybridized carbons (Fsp3) is 0.571. The van der Waals surface area contributed by atoms with Gasteiger partial charge in [-0.25, -0.2) is 0 Å². The Hall–Kier alpha value is -1.62. The molecule has 0 bridgehead atoms. The molecule has 0 amide bonds. The number of nitrogens with zero attached hydrogens (tertiary/aromatic N) is 1. The van der Waals surface area contributed by atoms with E-state index in [2.05, 4.69) is 6.92 Å². The molecular weight excluding hydrogens is 246 g/mol. The van der Waals surface area contributed by atoms with Crippen molar-refractivity contribution in [3.8, 4) is 5.75 Å². The first-order valence-electron chi connectivity index (χ1n) is 6.65. The maximum absolute atomic E-state index is 11.0. The molecule has 0 heterocycles. The topological polar surface area (TPSA) is 72.6 Å². The highest BCUT2D eigenvalue weighted by atomic mass is 16.6. The fourth-order valence-electron chi connectivity index (χ4n) is 2.57. The molecule has 19 heavy (non-hydrogen) atoms. The molecule has 1 aromatic carbocycles. The highest BCUT2D eigenvalue weighted by molar-refractivity contribution is 5.48. The van der Waals surface area contributed by atoms with Crippen molar-refractivity contribution in [3.05, 3.63) is 33.9 Å². The summed E-state index contributed by atoms with van der Waals surface area (Å²) in [6.07, 6.45) is 4.19. The van der Waals surface area contributed by atoms with E-state index in [9.17, 15) is 10.1 Å². The number of aliphatic hydroxyl groups excluding tert-OH is 1. The summed E-state index contributed by atoms with van der Waals surface area (Å²) in [6, 6.07) is 4.51. The van der Waals surface area contributed by atoms with Crippen LogP contribution in [0.15, 0.2) is 18.2 Å². The average Bonchev–Trinajstić information content (AvgIpc) is 2.38. The number of hydrogen-bond donors (Lipinski definition) is 1. The first-order valence-corrected chi connectivity index (χ1v) is 6.65. The molecule has 0 radical (unpaired) electrons. The predicted octanol–water partition coefficient (Wildman–Crippen LogP) is 3.04. The Morgan fingerprint density at radius 3 is 2.89 bits per heavy atom. The summed E-state index contributed by atoms with van der Waals surface area (Å²) in [5.41, 5.74) is 0.597. The molecule has 5 heteroatoms. The molecule has 0 saturated heterocycles. The van der Waals surface area contributed by atoms with E-state index in [0.717, 1.165) is 19.3 Å². The van der Waals surface area contributed by atoms with Gasteiger partial charge in [0.25, 0.3) is 0 Å². The highest BCUT2D eigenvalue weighted by Crippen LogP contribution is 2.33. The minimum atomic E-state index is -0.442. The van der Waals surface area contributed by atoms with Crippen molar-refractivity contribution >= 4 is 5.69 Å². The van der Waals surface area contributed by atoms with Crippen molar-refractivity contribution in [1.29, 1.82) is 0 Å². The molecule has 1 aliphatic carbocycles. The molecule has 1 fully saturated rings. The van der Waals surface area contributed by atoms with Crippen LogP contribution in [0.1, 0.15) is 38.2 Å². The normalized spacial score (nSPS) is 23.1. The number of aliphatic hydroxyl groups is 1. The summed E-state index contributed by atoms with van der Waals surface area (Å²) in [7, 11) is 0. The molecule has 1 aliphatic rings. The molecule has 1 saturated carbocycles. The summed E-state index contributed by atoms with van der Waals surface area (Å²) in [4.78, 5) is 10.5. The van der Waals surface area contributed by atoms with Crippen LogP contribution >= 0.6 is 0 Å². The van der Waals surface area contributed by atoms with Crippen LogP contribution in [-0.4, -0.2) is 16.1 Å². The van der Waals surface area contributed by atoms with Crippen molar-refractivity contribution in [2.24, 2.45) is 5.92 Å². The summed E-state index contributed by atoms with van der Waals surface area (Å²) in [5.74, 6) is 0.870. The first-order chi connectivity index (χ1) is 9.10. The number of nitro benzene ring substituents is 1. The van der Waals surface area contributed by atoms with Crippen LogP contribution in [-0.2, 0) is 6.61 Å². The van der Waals surface area contributed by atoms with Gasteiger partial charge >= 0.3 is 5.69 Å². The second-order valence-electron chi connectivity index (χ2n) is 5.23. The molecule has 5 nitrogen and oxygen atoms in total. The lowest BCUT2D eigenvalue weighted by molar-refractivity contribution is -0.386. The SMILES string of the molecule is CC1CCCC(Oc2cc(CO)ccc2[N+](=O)[O-])C1. The Bertz CT molecular complexity index is 461. The number of benzene rings is 1. The van der Waals surface area contributed by atoms with E-state index in [4.69, 9.17) is 9.84 Å². The highest BCUT2D eigenvalue weighted by Gasteiger charge is 2.24. The monoisotopic (exact) mass is 265 g/mol. The van der Waals surface area contributed by atoms with Gasteiger partial charge in [-0.1, -0.05) is 13.3 Å². The largest absolute Gasteiger partial charge is 0.483 e. The standard InChI is InChI=1S/C14H19NO4/c1-10-3-2-4-12(7-10)19-14-8-11(9-16)5-6-13(14)15(17)18/h5-6,8,10,12,16H,2-4,7,9H2,1H3. The van der Waals surface area contributed by atoms with Crippen molar-refractivity contribution < 1.29 is 14.8 Å². The quantitative estimate of drug-likeness (QED) is 0.670. The van der Waals surface area contributed by atoms with Crippen LogP contribution in [0, 0.1) is 16.0 Å². The van der Waals surface area contributed by atoms with Gasteiger partial charge in [0.15, 0.2) is 5.75 Å². The van der Waals surface area contributed by atoms with Gasteiger partial charge in [-0.2, -0.15) is 0 Å². The predicted molar refractivity (Wildman–Crippen MR) is 71.1 cm³/mol. The van der Waals surface area contributed by atoms with Gasteiger partial charge in [0.1, 0.15) is 0 Å². The van der Waals surface area contributed by atoms with Crippen LogP contribution in [0.25, 0.3) is 0 Å². The fourth-order valence-corrected chi connectivity index (χ4v) is 2.57. The van der Waals surface area contributed by atoms with Crippen molar-refractivity contribution in [2.45, 2.75) is 45.3 Å². The lowest BCUT2D eigenvalue weighted by atomic mass is 9.89. The maximum atomic E-state index is 11.0. The van der Waals surface area contributed by atoms with Gasteiger partial charge in [-0.3, -0.25) is 10.1 Å². The molecule has 1 N–H and O–H groups in total. The lowest BCUT2D eigenvalue weighted by Crippen LogP contribution is -2.24. The number of rotatable bonds is 4. The minimum Gasteiger partial charge on any atom is -0.483 e. The summed E-state index contributed by atoms with van der Waals surface area (Å²) in [6.45, 7) is 2.03. The molecule has 2 unspecified atom stereocenters. The van der Waals surface area contributed by atoms with Crippen LogP contribution in [0.5, 0.6) is 5.75 Å². The van der Waals surface area contributed by atoms with Gasteiger partial charge < -0.3 is 9.84 Å². The molecule has 0 spiro atoms. The molecular formula is C14H19NO4. The van der Waals surface area contributed by atoms with Gasteiger partial charge in [0.2, 0.25) is 0 Å². The van der Waals surface area contributed by atoms with E-state index in [-0.39, 0.29) is 24.1 Å². The average molecular weight is 265 g/mol. The molecule has 1 aromatic rings. The Labute approximate surface area is 112 Å². The third-order valence-electron chi connectivity index (χ3n) is 3.59. The van der Waals surface area contributed by atoms with Crippen LogP contribution < -0.4 is 4.74 Å². The van der Waals surface area contributed by atoms with Crippen LogP contribution in [0.4, 0.5) is 5.69 Å². The van der Waals surface area contributed by atoms with E-state index in [1.807, 2.05) is 0 Å². The number of ether oxygens (including phenoxy) is 1. The second-order valence-corrected chi connectivity index (χ2v) is 5.23. The zero-order chi connectivity index (χ0) is 13.8. The summed E-state index contributed by atoms with van der Waals surface area (Å²) >= 11 is 0. The number of hydrogen-bond acceptors (Lipinski definition) is 4. The Morgan fingerprint density at radius 1 is 1.47 bits per heavy atom. The zero-order valence-corrected chi connectivity index (χ0v) is 11.0. The van der Waals surface area contributed by atoms with E-state index >= 15 is 0 Å². The molecule has 0 aromatic heterocycles. The van der Waals surface area contributed by atoms with Gasteiger partial charge in [0.05, 0.1) is 17.6 Å². The minimum absolute atomic E-state index is 0.0320. The van der Waals surface area contributed by atoms with Gasteiger partial charge in [-0.05, 0) is 42.9 Å². The molecule has 2 atom stereocenters. The maximum Gasteiger partial charge on any atom is 0.310 e. The van der Waals surface area contributed by atoms with E-state index in [0.29, 0.717) is 11.5 Å². The molecule has 0 aliphatic heterocycles. The van der Waals surface area contributed by atoms with Crippen molar-refractivity contribution in [2.75, 3.05) is 0 Å². The first kappa shape index (κ1) is 13.8. The summed E-state index contributed by atoms with van der Waals surface area (Å²) < 4.78 is 5.81. The van der Waals surface area contributed by atoms with E-state index < -0.39 is 4.92 Å².